The zero-order valence-electron chi connectivity index (χ0n) is 15.6. The van der Waals surface area contributed by atoms with E-state index in [0.717, 1.165) is 11.1 Å². The van der Waals surface area contributed by atoms with Crippen LogP contribution in [0.1, 0.15) is 45.2 Å². The molecular formula is C20H26F3NO2. The van der Waals surface area contributed by atoms with E-state index in [1.165, 1.54) is 0 Å². The Morgan fingerprint density at radius 2 is 1.81 bits per heavy atom. The molecule has 0 saturated heterocycles. The molecule has 3 nitrogen and oxygen atoms in total. The van der Waals surface area contributed by atoms with Crippen LogP contribution in [0.15, 0.2) is 24.3 Å². The maximum Gasteiger partial charge on any atom is 0.471 e. The summed E-state index contributed by atoms with van der Waals surface area (Å²) in [7, 11) is 0. The summed E-state index contributed by atoms with van der Waals surface area (Å²) in [5.41, 5.74) is 0.565. The highest BCUT2D eigenvalue weighted by molar-refractivity contribution is 5.81. The Morgan fingerprint density at radius 1 is 1.19 bits per heavy atom. The van der Waals surface area contributed by atoms with Crippen molar-refractivity contribution in [2.75, 3.05) is 6.54 Å². The second-order valence-electron chi connectivity index (χ2n) is 6.94. The molecule has 0 atom stereocenters. The van der Waals surface area contributed by atoms with Gasteiger partial charge in [0.05, 0.1) is 0 Å². The number of benzene rings is 1. The van der Waals surface area contributed by atoms with Gasteiger partial charge in [-0.1, -0.05) is 51.7 Å². The Bertz CT molecular complexity index is 662. The highest BCUT2D eigenvalue weighted by Gasteiger charge is 2.38. The minimum atomic E-state index is -4.85. The van der Waals surface area contributed by atoms with Gasteiger partial charge >= 0.3 is 12.1 Å². The fourth-order valence-corrected chi connectivity index (χ4v) is 2.53. The minimum Gasteiger partial charge on any atom is -0.377 e. The van der Waals surface area contributed by atoms with Crippen molar-refractivity contribution in [2.24, 2.45) is 11.8 Å². The molecule has 1 rings (SSSR count). The van der Waals surface area contributed by atoms with Crippen LogP contribution in [0.4, 0.5) is 13.2 Å². The largest absolute Gasteiger partial charge is 0.471 e. The third kappa shape index (κ3) is 6.38. The molecule has 0 bridgehead atoms. The monoisotopic (exact) mass is 369 g/mol. The molecule has 6 heteroatoms. The first-order valence-electron chi connectivity index (χ1n) is 8.66. The number of nitrogens with one attached hydrogen (secondary N) is 1. The summed E-state index contributed by atoms with van der Waals surface area (Å²) >= 11 is 0. The number of hydrogen-bond acceptors (Lipinski definition) is 2. The first kappa shape index (κ1) is 22.0. The quantitative estimate of drug-likeness (QED) is 0.593. The number of alkyl halides is 3. The van der Waals surface area contributed by atoms with Gasteiger partial charge in [-0.25, -0.2) is 0 Å². The first-order chi connectivity index (χ1) is 12.0. The van der Waals surface area contributed by atoms with Crippen LogP contribution in [-0.4, -0.2) is 29.3 Å². The van der Waals surface area contributed by atoms with Crippen molar-refractivity contribution in [1.82, 2.24) is 5.32 Å². The van der Waals surface area contributed by atoms with Gasteiger partial charge in [-0.05, 0) is 42.4 Å². The van der Waals surface area contributed by atoms with Crippen LogP contribution in [0.3, 0.4) is 0 Å². The van der Waals surface area contributed by atoms with Gasteiger partial charge in [0.15, 0.2) is 0 Å². The summed E-state index contributed by atoms with van der Waals surface area (Å²) in [6, 6.07) is 7.34. The van der Waals surface area contributed by atoms with Gasteiger partial charge in [-0.15, -0.1) is 0 Å². The number of halogens is 3. The van der Waals surface area contributed by atoms with Gasteiger partial charge in [-0.3, -0.25) is 4.79 Å². The van der Waals surface area contributed by atoms with Crippen molar-refractivity contribution in [3.05, 3.63) is 35.4 Å². The lowest BCUT2D eigenvalue weighted by molar-refractivity contribution is -0.173. The lowest BCUT2D eigenvalue weighted by Gasteiger charge is -2.30. The number of aryl methyl sites for hydroxylation is 1. The molecule has 0 aliphatic heterocycles. The van der Waals surface area contributed by atoms with E-state index in [0.29, 0.717) is 12.8 Å². The fourth-order valence-electron chi connectivity index (χ4n) is 2.53. The molecule has 0 aliphatic rings. The number of carbonyl (C=O) groups is 1. The normalized spacial score (nSPS) is 12.1. The molecule has 1 aromatic rings. The third-order valence-electron chi connectivity index (χ3n) is 4.28. The van der Waals surface area contributed by atoms with E-state index in [1.807, 2.05) is 57.3 Å². The molecular weight excluding hydrogens is 343 g/mol. The summed E-state index contributed by atoms with van der Waals surface area (Å²) in [6.07, 6.45) is -3.94. The van der Waals surface area contributed by atoms with E-state index < -0.39 is 17.7 Å². The van der Waals surface area contributed by atoms with E-state index in [4.69, 9.17) is 0 Å². The van der Waals surface area contributed by atoms with Crippen molar-refractivity contribution in [1.29, 1.82) is 0 Å². The zero-order valence-corrected chi connectivity index (χ0v) is 15.6. The van der Waals surface area contributed by atoms with Gasteiger partial charge in [-0.2, -0.15) is 13.2 Å². The maximum absolute atomic E-state index is 12.1. The fraction of sp³-hybridized carbons (Fsp3) is 0.550. The third-order valence-corrected chi connectivity index (χ3v) is 4.28. The number of rotatable bonds is 6. The zero-order chi connectivity index (χ0) is 20.0. The highest BCUT2D eigenvalue weighted by Crippen LogP contribution is 2.25. The molecule has 0 spiro atoms. The van der Waals surface area contributed by atoms with Crippen molar-refractivity contribution in [2.45, 2.75) is 52.3 Å². The van der Waals surface area contributed by atoms with Gasteiger partial charge in [0.1, 0.15) is 5.60 Å². The molecule has 26 heavy (non-hydrogen) atoms. The molecule has 1 amide bonds. The number of aliphatic hydroxyl groups is 1. The Hall–Kier alpha value is -2.00. The second kappa shape index (κ2) is 9.09. The van der Waals surface area contributed by atoms with Crippen LogP contribution in [0.2, 0.25) is 0 Å². The average Bonchev–Trinajstić information content (AvgIpc) is 2.55. The molecule has 0 radical (unpaired) electrons. The van der Waals surface area contributed by atoms with Crippen LogP contribution in [-0.2, 0) is 11.2 Å². The lowest BCUT2D eigenvalue weighted by atomic mass is 9.81. The van der Waals surface area contributed by atoms with E-state index in [9.17, 15) is 23.1 Å². The van der Waals surface area contributed by atoms with Gasteiger partial charge in [0.25, 0.3) is 0 Å². The molecule has 0 aliphatic carbocycles. The van der Waals surface area contributed by atoms with Crippen molar-refractivity contribution < 1.29 is 23.1 Å². The Labute approximate surface area is 153 Å². The van der Waals surface area contributed by atoms with E-state index in [2.05, 4.69) is 11.8 Å². The molecule has 0 fully saturated rings. The van der Waals surface area contributed by atoms with E-state index in [-0.39, 0.29) is 18.4 Å². The Kier molecular flexibility index (Phi) is 7.70. The smallest absolute Gasteiger partial charge is 0.377 e. The average molecular weight is 369 g/mol. The van der Waals surface area contributed by atoms with Crippen molar-refractivity contribution >= 4 is 5.91 Å². The molecule has 0 saturated carbocycles. The minimum absolute atomic E-state index is 0.0181. The molecule has 0 aromatic heterocycles. The van der Waals surface area contributed by atoms with Crippen molar-refractivity contribution in [3.63, 3.8) is 0 Å². The Morgan fingerprint density at radius 3 is 2.35 bits per heavy atom. The number of carbonyl (C=O) groups excluding carboxylic acids is 1. The van der Waals surface area contributed by atoms with Gasteiger partial charge in [0, 0.05) is 12.1 Å². The van der Waals surface area contributed by atoms with E-state index >= 15 is 0 Å². The summed E-state index contributed by atoms with van der Waals surface area (Å²) in [6.45, 7) is 7.62. The maximum atomic E-state index is 12.1. The summed E-state index contributed by atoms with van der Waals surface area (Å²) in [5.74, 6) is 4.01. The molecule has 144 valence electrons. The molecule has 1 aromatic carbocycles. The first-order valence-corrected chi connectivity index (χ1v) is 8.66. The van der Waals surface area contributed by atoms with Gasteiger partial charge in [0.2, 0.25) is 0 Å². The number of amides is 1. The summed E-state index contributed by atoms with van der Waals surface area (Å²) < 4.78 is 36.3. The molecule has 0 unspecified atom stereocenters. The predicted molar refractivity (Wildman–Crippen MR) is 95.3 cm³/mol. The summed E-state index contributed by atoms with van der Waals surface area (Å²) in [4.78, 5) is 10.7. The molecule has 0 heterocycles. The van der Waals surface area contributed by atoms with Crippen LogP contribution in [0.5, 0.6) is 0 Å². The lowest BCUT2D eigenvalue weighted by Crippen LogP contribution is -2.39. The van der Waals surface area contributed by atoms with Crippen LogP contribution >= 0.6 is 0 Å². The predicted octanol–water partition coefficient (Wildman–Crippen LogP) is 3.69. The standard InChI is InChI=1S/C20H26F3NO2/c1-14(2)19(26,15(3)4)11-10-17-8-5-7-16(13-17)9-6-12-24-18(25)20(21,22)23/h5,7-8,13-15,26H,6,9,12H2,1-4H3,(H,24,25). The van der Waals surface area contributed by atoms with Gasteiger partial charge < -0.3 is 10.4 Å². The highest BCUT2D eigenvalue weighted by atomic mass is 19.4. The number of hydrogen-bond donors (Lipinski definition) is 2. The van der Waals surface area contributed by atoms with Crippen LogP contribution < -0.4 is 5.32 Å². The summed E-state index contributed by atoms with van der Waals surface area (Å²) in [5, 5.41) is 12.5. The second-order valence-corrected chi connectivity index (χ2v) is 6.94. The Balaban J connectivity index is 2.70. The SMILES string of the molecule is CC(C)C(O)(C#Cc1cccc(CCCNC(=O)C(F)(F)F)c1)C(C)C. The molecule has 2 N–H and O–H groups in total. The topological polar surface area (TPSA) is 49.3 Å². The van der Waals surface area contributed by atoms with E-state index in [1.54, 1.807) is 0 Å². The van der Waals surface area contributed by atoms with Crippen LogP contribution in [0.25, 0.3) is 0 Å². The van der Waals surface area contributed by atoms with Crippen molar-refractivity contribution in [3.8, 4) is 11.8 Å². The van der Waals surface area contributed by atoms with Crippen LogP contribution in [0, 0.1) is 23.7 Å².